The molecule has 2 aliphatic rings. The van der Waals surface area contributed by atoms with Gasteiger partial charge in [-0.15, -0.1) is 0 Å². The molecule has 2 fully saturated rings. The van der Waals surface area contributed by atoms with Gasteiger partial charge < -0.3 is 43.1 Å². The molecular formula is C57H101N3O13. The van der Waals surface area contributed by atoms with E-state index in [-0.39, 0.29) is 114 Å². The van der Waals surface area contributed by atoms with Gasteiger partial charge in [0.15, 0.2) is 0 Å². The largest absolute Gasteiger partial charge is 0.465 e. The summed E-state index contributed by atoms with van der Waals surface area (Å²) in [6, 6.07) is -0.855. The Morgan fingerprint density at radius 2 is 0.767 bits per heavy atom. The molecule has 0 aromatic rings. The van der Waals surface area contributed by atoms with Crippen molar-refractivity contribution in [2.24, 2.45) is 11.8 Å². The lowest BCUT2D eigenvalue weighted by Crippen LogP contribution is -2.53. The number of nitrogens with zero attached hydrogens (tertiary/aromatic N) is 3. The smallest absolute Gasteiger partial charge is 0.320 e. The number of esters is 6. The summed E-state index contributed by atoms with van der Waals surface area (Å²) in [6.45, 7) is 10.5. The molecule has 0 saturated carbocycles. The minimum Gasteiger partial charge on any atom is -0.465 e. The molecule has 2 atom stereocenters. The molecule has 0 bridgehead atoms. The highest BCUT2D eigenvalue weighted by molar-refractivity contribution is 5.76. The summed E-state index contributed by atoms with van der Waals surface area (Å²) in [5.41, 5.74) is 0. The molecule has 0 N–H and O–H groups in total. The number of carbonyl (C=O) groups excluding carboxylic acids is 7. The van der Waals surface area contributed by atoms with Crippen molar-refractivity contribution in [3.63, 3.8) is 0 Å². The minimum atomic E-state index is -0.719. The van der Waals surface area contributed by atoms with Crippen LogP contribution >= 0.6 is 0 Å². The van der Waals surface area contributed by atoms with Crippen LogP contribution in [0.5, 0.6) is 0 Å². The van der Waals surface area contributed by atoms with Crippen molar-refractivity contribution in [3.05, 3.63) is 0 Å². The highest BCUT2D eigenvalue weighted by atomic mass is 16.6. The normalized spacial score (nSPS) is 15.9. The zero-order valence-electron chi connectivity index (χ0n) is 46.4. The topological polar surface area (TPSA) is 185 Å². The molecule has 2 aliphatic heterocycles. The second kappa shape index (κ2) is 42.3. The van der Waals surface area contributed by atoms with Crippen LogP contribution in [-0.2, 0) is 57.2 Å². The molecular weight excluding hydrogens is 935 g/mol. The first-order valence-electron chi connectivity index (χ1n) is 29.1. The fourth-order valence-corrected chi connectivity index (χ4v) is 9.15. The highest BCUT2D eigenvalue weighted by Crippen LogP contribution is 2.25. The highest BCUT2D eigenvalue weighted by Gasteiger charge is 2.40. The Morgan fingerprint density at radius 1 is 0.425 bits per heavy atom. The Labute approximate surface area is 440 Å². The fourth-order valence-electron chi connectivity index (χ4n) is 9.15. The average Bonchev–Trinajstić information content (AvgIpc) is 3.78. The maximum atomic E-state index is 14.1. The van der Waals surface area contributed by atoms with Crippen molar-refractivity contribution >= 4 is 41.8 Å². The zero-order valence-corrected chi connectivity index (χ0v) is 46.4. The van der Waals surface area contributed by atoms with Crippen LogP contribution in [0.1, 0.15) is 227 Å². The van der Waals surface area contributed by atoms with Crippen LogP contribution in [0.3, 0.4) is 0 Å². The van der Waals surface area contributed by atoms with E-state index in [0.29, 0.717) is 51.9 Å². The molecule has 16 heteroatoms. The Bertz CT molecular complexity index is 1460. The van der Waals surface area contributed by atoms with Gasteiger partial charge >= 0.3 is 41.8 Å². The summed E-state index contributed by atoms with van der Waals surface area (Å²) >= 11 is 0. The monoisotopic (exact) mass is 1040 g/mol. The molecule has 0 radical (unpaired) electrons. The molecule has 2 saturated heterocycles. The number of likely N-dealkylation sites (N-methyl/N-ethyl adjacent to an activating group) is 1. The molecule has 2 rings (SSSR count). The maximum Gasteiger partial charge on any atom is 0.320 e. The van der Waals surface area contributed by atoms with Crippen LogP contribution in [0.2, 0.25) is 0 Å². The third-order valence-corrected chi connectivity index (χ3v) is 13.9. The van der Waals surface area contributed by atoms with Crippen molar-refractivity contribution in [2.75, 3.05) is 72.8 Å². The number of ether oxygens (including phenoxy) is 6. The maximum absolute atomic E-state index is 14.1. The van der Waals surface area contributed by atoms with Gasteiger partial charge in [-0.2, -0.15) is 0 Å². The number of hydrogen-bond acceptors (Lipinski definition) is 14. The van der Waals surface area contributed by atoms with Gasteiger partial charge in [-0.05, 0) is 32.7 Å². The van der Waals surface area contributed by atoms with Crippen LogP contribution in [-0.4, -0.2) is 141 Å². The van der Waals surface area contributed by atoms with Gasteiger partial charge in [0.1, 0.15) is 12.7 Å². The third kappa shape index (κ3) is 32.9. The van der Waals surface area contributed by atoms with Crippen molar-refractivity contribution < 1.29 is 62.0 Å². The lowest BCUT2D eigenvalue weighted by Gasteiger charge is -2.36. The Morgan fingerprint density at radius 3 is 1.14 bits per heavy atom. The summed E-state index contributed by atoms with van der Waals surface area (Å²) in [6.07, 6.45) is 24.8. The van der Waals surface area contributed by atoms with Crippen LogP contribution in [0.4, 0.5) is 4.79 Å². The van der Waals surface area contributed by atoms with Crippen LogP contribution in [0.25, 0.3) is 0 Å². The standard InChI is InChI=1S/C57H101N3O13/c1-6-10-14-18-22-26-30-51(61)68-42-47(43-69-52(62)31-27-23-19-15-11-7-2)38-55(65)72-46-49-40-50(41-60(49)57(67)59-36-34-58(5)35-37-59)73-56(66)39-48(44-70-53(63)32-28-24-20-16-12-8-3)45-71-54(64)33-29-25-21-17-13-9-4/h47-50H,6-46H2,1-5H3/t49-,50-/m0/s1. The van der Waals surface area contributed by atoms with Crippen molar-refractivity contribution in [1.82, 2.24) is 14.7 Å². The first-order chi connectivity index (χ1) is 35.4. The van der Waals surface area contributed by atoms with E-state index in [1.165, 1.54) is 25.7 Å². The average molecular weight is 1040 g/mol. The molecule has 0 aliphatic carbocycles. The fraction of sp³-hybridized carbons (Fsp3) is 0.877. The van der Waals surface area contributed by atoms with Gasteiger partial charge in [0.25, 0.3) is 0 Å². The Kier molecular flexibility index (Phi) is 37.8. The van der Waals surface area contributed by atoms with E-state index < -0.39 is 35.9 Å². The second-order valence-electron chi connectivity index (χ2n) is 20.9. The van der Waals surface area contributed by atoms with Crippen LogP contribution in [0, 0.1) is 11.8 Å². The predicted octanol–water partition coefficient (Wildman–Crippen LogP) is 11.1. The summed E-state index contributed by atoms with van der Waals surface area (Å²) in [5.74, 6) is -3.90. The van der Waals surface area contributed by atoms with Gasteiger partial charge in [0.2, 0.25) is 0 Å². The van der Waals surface area contributed by atoms with E-state index in [4.69, 9.17) is 28.4 Å². The van der Waals surface area contributed by atoms with E-state index in [9.17, 15) is 33.6 Å². The van der Waals surface area contributed by atoms with Gasteiger partial charge in [0.05, 0.1) is 51.9 Å². The number of unbranched alkanes of at least 4 members (excludes halogenated alkanes) is 20. The number of hydrogen-bond donors (Lipinski definition) is 0. The molecule has 73 heavy (non-hydrogen) atoms. The van der Waals surface area contributed by atoms with Crippen molar-refractivity contribution in [2.45, 2.75) is 239 Å². The summed E-state index contributed by atoms with van der Waals surface area (Å²) in [7, 11) is 2.00. The van der Waals surface area contributed by atoms with E-state index in [0.717, 1.165) is 103 Å². The SMILES string of the molecule is CCCCCCCCC(=O)OCC(COC(=O)CCCCCCCC)CC(=O)OC[C@@H]1C[C@H](OC(=O)CC(COC(=O)CCCCCCCC)COC(=O)CCCCCCCC)CN1C(=O)N1CCN(C)CC1. The van der Waals surface area contributed by atoms with Crippen LogP contribution < -0.4 is 0 Å². The van der Waals surface area contributed by atoms with Gasteiger partial charge in [-0.3, -0.25) is 28.8 Å². The van der Waals surface area contributed by atoms with E-state index >= 15 is 0 Å². The van der Waals surface area contributed by atoms with Crippen molar-refractivity contribution in [3.8, 4) is 0 Å². The number of amides is 2. The lowest BCUT2D eigenvalue weighted by atomic mass is 10.1. The number of likely N-dealkylation sites (tertiary alicyclic amines) is 1. The quantitative estimate of drug-likeness (QED) is 0.0319. The molecule has 16 nitrogen and oxygen atoms in total. The molecule has 0 spiro atoms. The minimum absolute atomic E-state index is 0.0794. The molecule has 0 unspecified atom stereocenters. The third-order valence-electron chi connectivity index (χ3n) is 13.9. The Balaban J connectivity index is 2.11. The van der Waals surface area contributed by atoms with E-state index in [1.54, 1.807) is 9.80 Å². The first-order valence-corrected chi connectivity index (χ1v) is 29.1. The second-order valence-corrected chi connectivity index (χ2v) is 20.9. The number of piperazine rings is 1. The van der Waals surface area contributed by atoms with Crippen molar-refractivity contribution in [1.29, 1.82) is 0 Å². The molecule has 422 valence electrons. The van der Waals surface area contributed by atoms with Crippen LogP contribution in [0.15, 0.2) is 0 Å². The number of carbonyl (C=O) groups is 7. The molecule has 0 aromatic heterocycles. The summed E-state index contributed by atoms with van der Waals surface area (Å²) < 4.78 is 34.2. The number of rotatable bonds is 43. The summed E-state index contributed by atoms with van der Waals surface area (Å²) in [5, 5.41) is 0. The van der Waals surface area contributed by atoms with E-state index in [2.05, 4.69) is 32.6 Å². The van der Waals surface area contributed by atoms with E-state index in [1.807, 2.05) is 7.05 Å². The van der Waals surface area contributed by atoms with Gasteiger partial charge in [-0.25, -0.2) is 4.79 Å². The zero-order chi connectivity index (χ0) is 53.3. The predicted molar refractivity (Wildman–Crippen MR) is 282 cm³/mol. The molecule has 2 heterocycles. The Hall–Kier alpha value is -3.95. The van der Waals surface area contributed by atoms with Gasteiger partial charge in [-0.1, -0.05) is 156 Å². The number of urea groups is 1. The first kappa shape index (κ1) is 65.2. The molecule has 2 amide bonds. The lowest BCUT2D eigenvalue weighted by molar-refractivity contribution is -0.157. The van der Waals surface area contributed by atoms with Gasteiger partial charge in [0, 0.05) is 70.1 Å². The molecule has 0 aromatic carbocycles. The summed E-state index contributed by atoms with van der Waals surface area (Å²) in [4.78, 5) is 97.7.